The molecule has 0 aliphatic carbocycles. The summed E-state index contributed by atoms with van der Waals surface area (Å²) in [6.45, 7) is 23.9. The molecule has 3 amide bonds. The van der Waals surface area contributed by atoms with Gasteiger partial charge in [0, 0.05) is 20.9 Å². The summed E-state index contributed by atoms with van der Waals surface area (Å²) in [5.74, 6) is -6.17. The molecule has 0 bridgehead atoms. The van der Waals surface area contributed by atoms with Crippen molar-refractivity contribution in [3.8, 4) is 0 Å². The van der Waals surface area contributed by atoms with Gasteiger partial charge in [-0.3, -0.25) is 18.9 Å². The van der Waals surface area contributed by atoms with E-state index in [1.165, 1.54) is 59.4 Å². The van der Waals surface area contributed by atoms with Crippen LogP contribution in [0.15, 0.2) is 0 Å². The highest BCUT2D eigenvalue weighted by molar-refractivity contribution is 7.54. The number of aldehydes is 1. The van der Waals surface area contributed by atoms with Crippen LogP contribution >= 0.6 is 7.60 Å². The minimum Gasteiger partial charge on any atom is -0.460 e. The molecule has 1 rings (SSSR count). The zero-order valence-corrected chi connectivity index (χ0v) is 43.0. The Kier molecular flexibility index (Phi) is 25.6. The van der Waals surface area contributed by atoms with Crippen LogP contribution in [0.25, 0.3) is 0 Å². The number of ether oxygens (including phenoxy) is 3. The molecule has 1 aliphatic heterocycles. The van der Waals surface area contributed by atoms with Gasteiger partial charge >= 0.3 is 19.5 Å². The zero-order chi connectivity index (χ0) is 48.2. The zero-order valence-electron chi connectivity index (χ0n) is 41.1. The van der Waals surface area contributed by atoms with Crippen LogP contribution in [0.4, 0.5) is 0 Å². The molecule has 0 aromatic rings. The summed E-state index contributed by atoms with van der Waals surface area (Å²) in [7, 11) is -4.75. The average Bonchev–Trinajstić information content (AvgIpc) is 3.46. The van der Waals surface area contributed by atoms with Gasteiger partial charge in [-0.05, 0) is 50.2 Å². The average molecular weight is 934 g/mol. The summed E-state index contributed by atoms with van der Waals surface area (Å²) < 4.78 is 46.9. The molecule has 0 aromatic heterocycles. The van der Waals surface area contributed by atoms with E-state index in [9.17, 15) is 33.3 Å². The van der Waals surface area contributed by atoms with Crippen molar-refractivity contribution >= 4 is 51.9 Å². The monoisotopic (exact) mass is 934 g/mol. The number of cyclic esters (lactones) is 1. The molecule has 0 radical (unpaired) electrons. The van der Waals surface area contributed by atoms with E-state index in [2.05, 4.69) is 45.3 Å². The Balaban J connectivity index is 3.29. The van der Waals surface area contributed by atoms with Gasteiger partial charge in [-0.1, -0.05) is 113 Å². The van der Waals surface area contributed by atoms with Crippen molar-refractivity contribution in [1.29, 1.82) is 0 Å². The summed E-state index contributed by atoms with van der Waals surface area (Å²) in [6, 6.07) is -2.70. The number of unbranched alkanes of at least 4 members (excludes halogenated alkanes) is 8. The van der Waals surface area contributed by atoms with Crippen LogP contribution in [0.5, 0.6) is 0 Å². The Morgan fingerprint density at radius 1 is 0.889 bits per heavy atom. The number of carbonyl (C=O) groups excluding carboxylic acids is 6. The molecule has 2 N–H and O–H groups in total. The highest BCUT2D eigenvalue weighted by atomic mass is 31.2. The molecule has 0 unspecified atom stereocenters. The number of likely N-dealkylation sites (N-methyl/N-ethyl adjacent to an activating group) is 1. The summed E-state index contributed by atoms with van der Waals surface area (Å²) in [6.07, 6.45) is 9.27. The topological polar surface area (TPSA) is 202 Å². The van der Waals surface area contributed by atoms with E-state index in [0.29, 0.717) is 12.7 Å². The summed E-state index contributed by atoms with van der Waals surface area (Å²) in [5.41, 5.74) is 0. The predicted molar refractivity (Wildman–Crippen MR) is 245 cm³/mol. The van der Waals surface area contributed by atoms with Crippen molar-refractivity contribution in [2.75, 3.05) is 39.6 Å². The lowest BCUT2D eigenvalue weighted by atomic mass is 9.88. The number of amides is 3. The first kappa shape index (κ1) is 58.3. The van der Waals surface area contributed by atoms with Crippen molar-refractivity contribution in [2.45, 2.75) is 195 Å². The maximum absolute atomic E-state index is 14.3. The number of hydrogen-bond donors (Lipinski definition) is 2. The fourth-order valence-corrected chi connectivity index (χ4v) is 9.55. The number of carbonyl (C=O) groups is 6. The third-order valence-corrected chi connectivity index (χ3v) is 18.2. The normalized spacial score (nSPS) is 17.9. The van der Waals surface area contributed by atoms with E-state index >= 15 is 0 Å². The Bertz CT molecular complexity index is 1490. The van der Waals surface area contributed by atoms with Crippen LogP contribution in [0, 0.1) is 17.8 Å². The first-order valence-corrected chi connectivity index (χ1v) is 27.8. The summed E-state index contributed by atoms with van der Waals surface area (Å²) in [5, 5.41) is 5.13. The molecular weight excluding hydrogens is 850 g/mol. The van der Waals surface area contributed by atoms with Crippen molar-refractivity contribution in [3.05, 3.63) is 0 Å². The Hall–Kier alpha value is -2.69. The van der Waals surface area contributed by atoms with E-state index in [4.69, 9.17) is 27.7 Å². The highest BCUT2D eigenvalue weighted by Crippen LogP contribution is 2.48. The van der Waals surface area contributed by atoms with E-state index in [1.54, 1.807) is 20.8 Å². The molecule has 6 atom stereocenters. The van der Waals surface area contributed by atoms with Crippen LogP contribution < -0.4 is 10.6 Å². The lowest BCUT2D eigenvalue weighted by molar-refractivity contribution is -0.170. The van der Waals surface area contributed by atoms with Crippen LogP contribution in [0.3, 0.4) is 0 Å². The molecule has 63 heavy (non-hydrogen) atoms. The van der Waals surface area contributed by atoms with Gasteiger partial charge in [0.05, 0.1) is 32.3 Å². The fraction of sp³-hybridized carbons (Fsp3) is 0.867. The highest BCUT2D eigenvalue weighted by Gasteiger charge is 2.50. The Morgan fingerprint density at radius 2 is 1.41 bits per heavy atom. The predicted octanol–water partition coefficient (Wildman–Crippen LogP) is 7.71. The second kappa shape index (κ2) is 27.7. The van der Waals surface area contributed by atoms with Crippen molar-refractivity contribution in [3.63, 3.8) is 0 Å². The first-order valence-electron chi connectivity index (χ1n) is 23.1. The summed E-state index contributed by atoms with van der Waals surface area (Å²) in [4.78, 5) is 81.1. The van der Waals surface area contributed by atoms with Gasteiger partial charge in [0.1, 0.15) is 24.6 Å². The number of nitrogens with one attached hydrogen (secondary N) is 2. The van der Waals surface area contributed by atoms with Crippen LogP contribution in [-0.2, 0) is 61.0 Å². The Morgan fingerprint density at radius 3 is 1.87 bits per heavy atom. The molecule has 1 heterocycles. The van der Waals surface area contributed by atoms with E-state index in [-0.39, 0.29) is 30.8 Å². The third-order valence-electron chi connectivity index (χ3n) is 11.7. The van der Waals surface area contributed by atoms with Gasteiger partial charge in [0.25, 0.3) is 0 Å². The number of rotatable bonds is 32. The van der Waals surface area contributed by atoms with Crippen LogP contribution in [0.1, 0.15) is 147 Å². The van der Waals surface area contributed by atoms with E-state index < -0.39 is 94.3 Å². The van der Waals surface area contributed by atoms with Gasteiger partial charge in [0.2, 0.25) is 23.5 Å². The summed E-state index contributed by atoms with van der Waals surface area (Å²) >= 11 is 0. The molecule has 0 spiro atoms. The van der Waals surface area contributed by atoms with Gasteiger partial charge < -0.3 is 48.0 Å². The van der Waals surface area contributed by atoms with Crippen molar-refractivity contribution < 1.29 is 61.0 Å². The third kappa shape index (κ3) is 21.4. The van der Waals surface area contributed by atoms with Crippen LogP contribution in [0.2, 0.25) is 18.1 Å². The maximum Gasteiger partial charge on any atom is 0.340 e. The van der Waals surface area contributed by atoms with Crippen molar-refractivity contribution in [1.82, 2.24) is 15.5 Å². The second-order valence-electron chi connectivity index (χ2n) is 19.4. The molecular formula is C45H84N3O13PSi. The molecule has 1 saturated heterocycles. The number of esters is 2. The molecule has 366 valence electrons. The SMILES string of the molecule is CCOP(=O)(CC(=O)N(C)CC(=O)N[C@H](C(=O)O[C@@H]([C@H](C)CCCCCCCCCCCC(C)C)[C@H](C)C(=O)N[C@@H](C=O)CO[Si](C)(C)C(C)(C)C)[C@@H]1OC(C)(C)OC1=O)OCC. The number of hydrogen-bond acceptors (Lipinski definition) is 13. The molecule has 16 nitrogen and oxygen atoms in total. The first-order chi connectivity index (χ1) is 29.2. The maximum atomic E-state index is 14.3. The lowest BCUT2D eigenvalue weighted by Gasteiger charge is -2.37. The van der Waals surface area contributed by atoms with E-state index in [0.717, 1.165) is 36.5 Å². The fourth-order valence-electron chi connectivity index (χ4n) is 6.90. The number of nitrogens with zero attached hydrogens (tertiary/aromatic N) is 1. The van der Waals surface area contributed by atoms with Crippen molar-refractivity contribution in [2.24, 2.45) is 17.8 Å². The smallest absolute Gasteiger partial charge is 0.340 e. The van der Waals surface area contributed by atoms with E-state index in [1.807, 2.05) is 20.0 Å². The van der Waals surface area contributed by atoms with Gasteiger partial charge in [-0.25, -0.2) is 9.59 Å². The second-order valence-corrected chi connectivity index (χ2v) is 26.3. The minimum atomic E-state index is -3.79. The van der Waals surface area contributed by atoms with Gasteiger partial charge in [-0.2, -0.15) is 0 Å². The minimum absolute atomic E-state index is 0.0207. The lowest BCUT2D eigenvalue weighted by Crippen LogP contribution is -2.56. The molecule has 0 saturated carbocycles. The quantitative estimate of drug-likeness (QED) is 0.0219. The standard InChI is InChI=1S/C45H84N3O13PSi/c1-15-56-62(55,57-16-2)31-37(51)48(12)28-36(50)47-38(40-43(54)61-45(10,11)60-40)42(53)59-39(33(5)27-25-23-21-19-17-18-20-22-24-26-32(3)4)34(6)41(52)46-35(29-49)30-58-63(13,14)44(7,8)9/h29,32-35,38-40H,15-28,30-31H2,1-14H3,(H,46,52)(H,47,50)/t33-,34+,35+,38+,39+,40+/m1/s1. The molecule has 18 heteroatoms. The molecule has 0 aromatic carbocycles. The Labute approximate surface area is 379 Å². The van der Waals surface area contributed by atoms with Gasteiger partial charge in [-0.15, -0.1) is 0 Å². The largest absolute Gasteiger partial charge is 0.460 e. The van der Waals surface area contributed by atoms with Crippen LogP contribution in [-0.4, -0.2) is 119 Å². The molecule has 1 aliphatic rings. The van der Waals surface area contributed by atoms with Gasteiger partial charge in [0.15, 0.2) is 20.5 Å². The molecule has 1 fully saturated rings.